The summed E-state index contributed by atoms with van der Waals surface area (Å²) in [4.78, 5) is 14.8. The van der Waals surface area contributed by atoms with Crippen LogP contribution in [0.3, 0.4) is 0 Å². The van der Waals surface area contributed by atoms with E-state index in [1.165, 1.54) is 16.7 Å². The Morgan fingerprint density at radius 3 is 3.05 bits per heavy atom. The first kappa shape index (κ1) is 13.4. The van der Waals surface area contributed by atoms with E-state index in [1.54, 1.807) is 7.11 Å². The number of methoxy groups -OCH3 is 1. The number of benzene rings is 1. The molecule has 0 aromatic heterocycles. The molecule has 0 N–H and O–H groups in total. The number of rotatable bonds is 1. The highest BCUT2D eigenvalue weighted by Crippen LogP contribution is 2.55. The predicted molar refractivity (Wildman–Crippen MR) is 84.7 cm³/mol. The summed E-state index contributed by atoms with van der Waals surface area (Å²) >= 11 is 3.90. The van der Waals surface area contributed by atoms with Gasteiger partial charge in [0.2, 0.25) is 5.91 Å². The number of hydrogen-bond acceptors (Lipinski definition) is 2. The maximum absolute atomic E-state index is 12.5. The maximum atomic E-state index is 12.5. The fourth-order valence-corrected chi connectivity index (χ4v) is 5.37. The monoisotopic (exact) mass is 347 g/mol. The van der Waals surface area contributed by atoms with Crippen LogP contribution in [0.4, 0.5) is 0 Å². The number of alkyl halides is 1. The summed E-state index contributed by atoms with van der Waals surface area (Å²) in [6.45, 7) is 0.806. The summed E-state index contributed by atoms with van der Waals surface area (Å²) < 4.78 is 5.43. The van der Waals surface area contributed by atoms with Crippen LogP contribution in [0.2, 0.25) is 0 Å². The Bertz CT molecular complexity index is 654. The quantitative estimate of drug-likeness (QED) is 0.730. The van der Waals surface area contributed by atoms with E-state index < -0.39 is 0 Å². The normalized spacial score (nSPS) is 30.4. The van der Waals surface area contributed by atoms with E-state index in [9.17, 15) is 4.79 Å². The maximum Gasteiger partial charge on any atom is 0.247 e. The molecule has 1 fully saturated rings. The molecule has 3 aliphatic rings. The third-order valence-corrected chi connectivity index (χ3v) is 6.29. The van der Waals surface area contributed by atoms with Crippen molar-refractivity contribution in [3.63, 3.8) is 0 Å². The minimum absolute atomic E-state index is 0.171. The Morgan fingerprint density at radius 2 is 2.24 bits per heavy atom. The van der Waals surface area contributed by atoms with Crippen LogP contribution in [-0.2, 0) is 16.8 Å². The molecule has 110 valence electrons. The van der Waals surface area contributed by atoms with E-state index in [1.807, 2.05) is 12.1 Å². The first-order valence-corrected chi connectivity index (χ1v) is 8.43. The molecular formula is C17H18BrNO2. The third kappa shape index (κ3) is 1.62. The van der Waals surface area contributed by atoms with Crippen LogP contribution in [0.25, 0.3) is 0 Å². The number of hydrogen-bond donors (Lipinski definition) is 0. The number of carbonyl (C=O) groups is 1. The van der Waals surface area contributed by atoms with Crippen LogP contribution in [0.1, 0.15) is 30.4 Å². The van der Waals surface area contributed by atoms with Gasteiger partial charge >= 0.3 is 0 Å². The van der Waals surface area contributed by atoms with Gasteiger partial charge in [-0.25, -0.2) is 0 Å². The van der Waals surface area contributed by atoms with Crippen LogP contribution in [0.15, 0.2) is 29.8 Å². The average Bonchev–Trinajstić information content (AvgIpc) is 2.81. The van der Waals surface area contributed by atoms with Gasteiger partial charge in [-0.15, -0.1) is 0 Å². The number of carbonyl (C=O) groups excluding carboxylic acids is 1. The zero-order chi connectivity index (χ0) is 14.6. The first-order chi connectivity index (χ1) is 10.2. The molecule has 2 aliphatic heterocycles. The van der Waals surface area contributed by atoms with Gasteiger partial charge in [0.15, 0.2) is 0 Å². The minimum atomic E-state index is -0.280. The summed E-state index contributed by atoms with van der Waals surface area (Å²) in [7, 11) is 1.70. The summed E-state index contributed by atoms with van der Waals surface area (Å²) in [5.74, 6) is 1.04. The second-order valence-corrected chi connectivity index (χ2v) is 7.16. The minimum Gasteiger partial charge on any atom is -0.497 e. The van der Waals surface area contributed by atoms with Crippen molar-refractivity contribution in [3.8, 4) is 5.75 Å². The molecule has 1 saturated carbocycles. The van der Waals surface area contributed by atoms with Crippen molar-refractivity contribution < 1.29 is 9.53 Å². The molecule has 1 aliphatic carbocycles. The van der Waals surface area contributed by atoms with Crippen LogP contribution >= 0.6 is 15.9 Å². The molecule has 4 rings (SSSR count). The Morgan fingerprint density at radius 1 is 1.38 bits per heavy atom. The zero-order valence-corrected chi connectivity index (χ0v) is 13.6. The van der Waals surface area contributed by atoms with Crippen molar-refractivity contribution in [1.29, 1.82) is 0 Å². The summed E-state index contributed by atoms with van der Waals surface area (Å²) in [5, 5.41) is 0. The van der Waals surface area contributed by atoms with Gasteiger partial charge in [-0.1, -0.05) is 22.0 Å². The van der Waals surface area contributed by atoms with Crippen LogP contribution in [0.5, 0.6) is 5.75 Å². The molecule has 2 heterocycles. The molecule has 0 bridgehead atoms. The predicted octanol–water partition coefficient (Wildman–Crippen LogP) is 3.16. The number of fused-ring (bicyclic) bond motifs is 1. The molecule has 1 aromatic rings. The van der Waals surface area contributed by atoms with Crippen molar-refractivity contribution in [2.24, 2.45) is 0 Å². The second kappa shape index (κ2) is 4.60. The van der Waals surface area contributed by atoms with Gasteiger partial charge in [-0.2, -0.15) is 0 Å². The third-order valence-electron chi connectivity index (χ3n) is 5.17. The molecule has 1 amide bonds. The van der Waals surface area contributed by atoms with E-state index in [0.29, 0.717) is 0 Å². The van der Waals surface area contributed by atoms with Gasteiger partial charge in [0.1, 0.15) is 11.3 Å². The van der Waals surface area contributed by atoms with Gasteiger partial charge in [0.05, 0.1) is 7.11 Å². The Hall–Kier alpha value is -1.29. The van der Waals surface area contributed by atoms with E-state index in [2.05, 4.69) is 33.0 Å². The highest BCUT2D eigenvalue weighted by molar-refractivity contribution is 9.09. The molecule has 0 radical (unpaired) electrons. The van der Waals surface area contributed by atoms with Gasteiger partial charge in [-0.3, -0.25) is 4.79 Å². The fourth-order valence-electron chi connectivity index (χ4n) is 4.26. The largest absolute Gasteiger partial charge is 0.497 e. The Labute approximate surface area is 133 Å². The van der Waals surface area contributed by atoms with Crippen molar-refractivity contribution in [2.75, 3.05) is 13.7 Å². The summed E-state index contributed by atoms with van der Waals surface area (Å²) in [6, 6.07) is 6.32. The number of nitrogens with zero attached hydrogens (tertiary/aromatic N) is 1. The van der Waals surface area contributed by atoms with Crippen molar-refractivity contribution in [2.45, 2.75) is 36.0 Å². The molecule has 3 nitrogen and oxygen atoms in total. The van der Waals surface area contributed by atoms with Gasteiger partial charge < -0.3 is 9.64 Å². The van der Waals surface area contributed by atoms with Crippen LogP contribution in [-0.4, -0.2) is 29.3 Å². The Balaban J connectivity index is 1.98. The van der Waals surface area contributed by atoms with Crippen molar-refractivity contribution in [1.82, 2.24) is 4.90 Å². The molecule has 1 aromatic carbocycles. The van der Waals surface area contributed by atoms with Gasteiger partial charge in [-0.05, 0) is 54.5 Å². The lowest BCUT2D eigenvalue weighted by Gasteiger charge is -2.51. The van der Waals surface area contributed by atoms with Crippen molar-refractivity contribution >= 4 is 21.8 Å². The summed E-state index contributed by atoms with van der Waals surface area (Å²) in [5.41, 5.74) is 3.60. The summed E-state index contributed by atoms with van der Waals surface area (Å²) in [6.07, 6.45) is 6.05. The lowest BCUT2D eigenvalue weighted by molar-refractivity contribution is -0.129. The molecule has 21 heavy (non-hydrogen) atoms. The molecule has 0 saturated heterocycles. The van der Waals surface area contributed by atoms with E-state index in [4.69, 9.17) is 4.74 Å². The van der Waals surface area contributed by atoms with E-state index >= 15 is 0 Å². The first-order valence-electron chi connectivity index (χ1n) is 7.52. The van der Waals surface area contributed by atoms with E-state index in [-0.39, 0.29) is 16.3 Å². The zero-order valence-electron chi connectivity index (χ0n) is 12.1. The van der Waals surface area contributed by atoms with Gasteiger partial charge in [0, 0.05) is 17.4 Å². The highest BCUT2D eigenvalue weighted by atomic mass is 79.9. The SMILES string of the molecule is COc1ccc2c(c1)[C@]13C(=CC(=O)N1CC2)CCC[C@@H]3Br. The smallest absolute Gasteiger partial charge is 0.247 e. The Kier molecular flexibility index (Phi) is 2.93. The molecule has 1 spiro atoms. The average molecular weight is 348 g/mol. The molecular weight excluding hydrogens is 330 g/mol. The van der Waals surface area contributed by atoms with Crippen LogP contribution in [0, 0.1) is 0 Å². The lowest BCUT2D eigenvalue weighted by atomic mass is 9.70. The second-order valence-electron chi connectivity index (χ2n) is 6.06. The molecule has 0 unspecified atom stereocenters. The number of ether oxygens (including phenoxy) is 1. The highest BCUT2D eigenvalue weighted by Gasteiger charge is 2.56. The molecule has 4 heteroatoms. The molecule has 2 atom stereocenters. The fraction of sp³-hybridized carbons (Fsp3) is 0.471. The van der Waals surface area contributed by atoms with Gasteiger partial charge in [0.25, 0.3) is 0 Å². The van der Waals surface area contributed by atoms with Crippen molar-refractivity contribution in [3.05, 3.63) is 41.0 Å². The number of halogens is 1. The standard InChI is InChI=1S/C17H18BrNO2/c1-21-13-6-5-11-7-8-19-16(20)9-12-3-2-4-15(18)17(12,19)14(11)10-13/h5-6,9-10,15H,2-4,7-8H2,1H3/t15-,17-/m0/s1. The lowest BCUT2D eigenvalue weighted by Crippen LogP contribution is -2.56. The van der Waals surface area contributed by atoms with E-state index in [0.717, 1.165) is 38.0 Å². The van der Waals surface area contributed by atoms with Crippen LogP contribution < -0.4 is 4.74 Å². The number of amides is 1. The topological polar surface area (TPSA) is 29.5 Å².